The van der Waals surface area contributed by atoms with Crippen molar-refractivity contribution in [1.29, 1.82) is 0 Å². The number of hydrogen-bond donors (Lipinski definition) is 1. The molecule has 0 bridgehead atoms. The summed E-state index contributed by atoms with van der Waals surface area (Å²) < 4.78 is 11.6. The molecule has 2 saturated carbocycles. The molecule has 1 heterocycles. The van der Waals surface area contributed by atoms with Gasteiger partial charge in [0.25, 0.3) is 0 Å². The van der Waals surface area contributed by atoms with Gasteiger partial charge in [0.05, 0.1) is 13.2 Å². The molecule has 3 fully saturated rings. The molecule has 100 valence electrons. The minimum atomic E-state index is -1.01. The SMILES string of the molecule is C[C@@]12CC(C(=O)O)C(=O)C[C@@H]1CCC21OCCO1. The van der Waals surface area contributed by atoms with Crippen LogP contribution in [0.2, 0.25) is 0 Å². The fraction of sp³-hybridized carbons (Fsp3) is 0.846. The van der Waals surface area contributed by atoms with E-state index in [9.17, 15) is 14.7 Å². The Labute approximate surface area is 105 Å². The molecule has 18 heavy (non-hydrogen) atoms. The Bertz CT molecular complexity index is 398. The third-order valence-electron chi connectivity index (χ3n) is 5.11. The zero-order valence-corrected chi connectivity index (χ0v) is 10.5. The molecule has 3 atom stereocenters. The van der Waals surface area contributed by atoms with Crippen LogP contribution < -0.4 is 0 Å². The Morgan fingerprint density at radius 1 is 1.39 bits per heavy atom. The highest BCUT2D eigenvalue weighted by Gasteiger charge is 2.64. The predicted molar refractivity (Wildman–Crippen MR) is 60.8 cm³/mol. The average molecular weight is 254 g/mol. The molecular formula is C13H18O5. The van der Waals surface area contributed by atoms with E-state index in [0.29, 0.717) is 26.1 Å². The van der Waals surface area contributed by atoms with Gasteiger partial charge >= 0.3 is 5.97 Å². The van der Waals surface area contributed by atoms with Gasteiger partial charge in [0.15, 0.2) is 5.79 Å². The van der Waals surface area contributed by atoms with Crippen LogP contribution in [-0.4, -0.2) is 35.9 Å². The highest BCUT2D eigenvalue weighted by atomic mass is 16.7. The highest BCUT2D eigenvalue weighted by Crippen LogP contribution is 2.60. The van der Waals surface area contributed by atoms with Gasteiger partial charge in [0.2, 0.25) is 0 Å². The average Bonchev–Trinajstić information content (AvgIpc) is 2.88. The first-order chi connectivity index (χ1) is 8.48. The monoisotopic (exact) mass is 254 g/mol. The molecule has 0 aromatic carbocycles. The number of carboxylic acids is 1. The van der Waals surface area contributed by atoms with E-state index in [4.69, 9.17) is 9.47 Å². The number of hydrogen-bond acceptors (Lipinski definition) is 4. The molecule has 1 unspecified atom stereocenters. The third kappa shape index (κ3) is 1.40. The molecule has 5 heteroatoms. The quantitative estimate of drug-likeness (QED) is 0.712. The number of fused-ring (bicyclic) bond motifs is 2. The van der Waals surface area contributed by atoms with E-state index in [1.165, 1.54) is 0 Å². The van der Waals surface area contributed by atoms with E-state index in [-0.39, 0.29) is 17.1 Å². The number of carboxylic acid groups (broad SMARTS) is 1. The summed E-state index contributed by atoms with van der Waals surface area (Å²) in [6.45, 7) is 3.15. The first-order valence-corrected chi connectivity index (χ1v) is 6.52. The fourth-order valence-electron chi connectivity index (χ4n) is 4.01. The van der Waals surface area contributed by atoms with E-state index in [1.807, 2.05) is 6.92 Å². The lowest BCUT2D eigenvalue weighted by molar-refractivity contribution is -0.233. The number of ketones is 1. The van der Waals surface area contributed by atoms with Crippen LogP contribution in [0.4, 0.5) is 0 Å². The van der Waals surface area contributed by atoms with E-state index in [2.05, 4.69) is 0 Å². The third-order valence-corrected chi connectivity index (χ3v) is 5.11. The first kappa shape index (κ1) is 12.1. The second-order valence-electron chi connectivity index (χ2n) is 5.87. The van der Waals surface area contributed by atoms with E-state index in [0.717, 1.165) is 12.8 Å². The Kier molecular flexibility index (Phi) is 2.54. The topological polar surface area (TPSA) is 72.8 Å². The van der Waals surface area contributed by atoms with Gasteiger partial charge in [-0.1, -0.05) is 6.92 Å². The smallest absolute Gasteiger partial charge is 0.314 e. The molecule has 0 aromatic heterocycles. The molecule has 3 rings (SSSR count). The van der Waals surface area contributed by atoms with Crippen LogP contribution >= 0.6 is 0 Å². The Morgan fingerprint density at radius 3 is 2.67 bits per heavy atom. The molecule has 0 amide bonds. The minimum Gasteiger partial charge on any atom is -0.481 e. The van der Waals surface area contributed by atoms with Crippen molar-refractivity contribution in [2.75, 3.05) is 13.2 Å². The zero-order valence-electron chi connectivity index (χ0n) is 10.5. The van der Waals surface area contributed by atoms with Gasteiger partial charge in [-0.05, 0) is 18.8 Å². The molecule has 2 aliphatic carbocycles. The number of aliphatic carboxylic acids is 1. The van der Waals surface area contributed by atoms with Crippen LogP contribution in [0.15, 0.2) is 0 Å². The molecule has 1 saturated heterocycles. The van der Waals surface area contributed by atoms with Crippen molar-refractivity contribution in [2.24, 2.45) is 17.3 Å². The second kappa shape index (κ2) is 3.78. The number of rotatable bonds is 1. The molecule has 1 N–H and O–H groups in total. The maximum absolute atomic E-state index is 11.9. The normalized spacial score (nSPS) is 42.2. The molecule has 1 aliphatic heterocycles. The standard InChI is InChI=1S/C13H18O5/c1-12-7-9(11(15)16)10(14)6-8(12)2-3-13(12)17-4-5-18-13/h8-9H,2-7H2,1H3,(H,15,16)/t8-,9?,12+/m0/s1. The first-order valence-electron chi connectivity index (χ1n) is 6.52. The van der Waals surface area contributed by atoms with E-state index >= 15 is 0 Å². The van der Waals surface area contributed by atoms with Crippen LogP contribution in [0.1, 0.15) is 32.6 Å². The van der Waals surface area contributed by atoms with Crippen LogP contribution in [-0.2, 0) is 19.1 Å². The molecule has 3 aliphatic rings. The largest absolute Gasteiger partial charge is 0.481 e. The number of ether oxygens (including phenoxy) is 2. The number of carbonyl (C=O) groups excluding carboxylic acids is 1. The van der Waals surface area contributed by atoms with E-state index < -0.39 is 17.7 Å². The summed E-state index contributed by atoms with van der Waals surface area (Å²) in [5.41, 5.74) is -0.347. The Balaban J connectivity index is 1.94. The summed E-state index contributed by atoms with van der Waals surface area (Å²) in [6.07, 6.45) is 2.34. The number of carbonyl (C=O) groups is 2. The molecule has 1 spiro atoms. The molecule has 0 radical (unpaired) electrons. The van der Waals surface area contributed by atoms with Crippen molar-refractivity contribution < 1.29 is 24.2 Å². The summed E-state index contributed by atoms with van der Waals surface area (Å²) in [7, 11) is 0. The number of Topliss-reactive ketones (excluding diaryl/α,β-unsaturated/α-hetero) is 1. The van der Waals surface area contributed by atoms with Gasteiger partial charge in [-0.15, -0.1) is 0 Å². The van der Waals surface area contributed by atoms with Crippen molar-refractivity contribution in [3.8, 4) is 0 Å². The lowest BCUT2D eigenvalue weighted by Crippen LogP contribution is -2.52. The molecule has 0 aromatic rings. The molecular weight excluding hydrogens is 236 g/mol. The van der Waals surface area contributed by atoms with Crippen molar-refractivity contribution in [3.63, 3.8) is 0 Å². The highest BCUT2D eigenvalue weighted by molar-refractivity contribution is 5.99. The van der Waals surface area contributed by atoms with Crippen LogP contribution in [0.3, 0.4) is 0 Å². The lowest BCUT2D eigenvalue weighted by Gasteiger charge is -2.46. The van der Waals surface area contributed by atoms with Crippen LogP contribution in [0, 0.1) is 17.3 Å². The van der Waals surface area contributed by atoms with Crippen LogP contribution in [0.5, 0.6) is 0 Å². The Morgan fingerprint density at radius 2 is 2.06 bits per heavy atom. The summed E-state index contributed by atoms with van der Waals surface area (Å²) >= 11 is 0. The van der Waals surface area contributed by atoms with Gasteiger partial charge in [0.1, 0.15) is 11.7 Å². The summed E-state index contributed by atoms with van der Waals surface area (Å²) in [6, 6.07) is 0. The minimum absolute atomic E-state index is 0.139. The fourth-order valence-corrected chi connectivity index (χ4v) is 4.01. The van der Waals surface area contributed by atoms with Crippen molar-refractivity contribution in [1.82, 2.24) is 0 Å². The van der Waals surface area contributed by atoms with Gasteiger partial charge in [-0.3, -0.25) is 9.59 Å². The van der Waals surface area contributed by atoms with Crippen molar-refractivity contribution in [2.45, 2.75) is 38.4 Å². The second-order valence-corrected chi connectivity index (χ2v) is 5.87. The van der Waals surface area contributed by atoms with Gasteiger partial charge in [-0.25, -0.2) is 0 Å². The predicted octanol–water partition coefficient (Wildman–Crippen LogP) is 1.21. The van der Waals surface area contributed by atoms with E-state index in [1.54, 1.807) is 0 Å². The maximum atomic E-state index is 11.9. The van der Waals surface area contributed by atoms with Gasteiger partial charge in [-0.2, -0.15) is 0 Å². The zero-order chi connectivity index (χ0) is 13.0. The van der Waals surface area contributed by atoms with Crippen molar-refractivity contribution >= 4 is 11.8 Å². The van der Waals surface area contributed by atoms with Crippen LogP contribution in [0.25, 0.3) is 0 Å². The summed E-state index contributed by atoms with van der Waals surface area (Å²) in [5, 5.41) is 9.17. The Hall–Kier alpha value is -0.940. The molecule has 5 nitrogen and oxygen atoms in total. The maximum Gasteiger partial charge on any atom is 0.314 e. The summed E-state index contributed by atoms with van der Waals surface area (Å²) in [4.78, 5) is 23.1. The van der Waals surface area contributed by atoms with Gasteiger partial charge in [0, 0.05) is 18.3 Å². The van der Waals surface area contributed by atoms with Crippen molar-refractivity contribution in [3.05, 3.63) is 0 Å². The lowest BCUT2D eigenvalue weighted by atomic mass is 9.63. The van der Waals surface area contributed by atoms with Gasteiger partial charge < -0.3 is 14.6 Å². The summed E-state index contributed by atoms with van der Waals surface area (Å²) in [5.74, 6) is -2.50.